The van der Waals surface area contributed by atoms with Crippen LogP contribution in [0.5, 0.6) is 0 Å². The van der Waals surface area contributed by atoms with Gasteiger partial charge in [-0.05, 0) is 16.7 Å². The molecule has 3 nitrogen and oxygen atoms in total. The number of benzene rings is 3. The van der Waals surface area contributed by atoms with E-state index in [0.29, 0.717) is 5.82 Å². The summed E-state index contributed by atoms with van der Waals surface area (Å²) < 4.78 is 2.00. The molecule has 0 aliphatic heterocycles. The Kier molecular flexibility index (Phi) is 4.43. The average Bonchev–Trinajstić information content (AvgIpc) is 3.22. The van der Waals surface area contributed by atoms with Crippen molar-refractivity contribution in [3.63, 3.8) is 0 Å². The highest BCUT2D eigenvalue weighted by Crippen LogP contribution is 2.41. The molecule has 132 valence electrons. The van der Waals surface area contributed by atoms with Crippen LogP contribution in [0.15, 0.2) is 103 Å². The number of carbonyl (C=O) groups is 1. The number of ketones is 1. The third kappa shape index (κ3) is 2.77. The van der Waals surface area contributed by atoms with E-state index < -0.39 is 5.54 Å². The third-order valence-corrected chi connectivity index (χ3v) is 4.89. The number of carbonyl (C=O) groups excluding carboxylic acids is 1. The molecule has 0 aliphatic rings. The fraction of sp³-hybridized carbons (Fsp3) is 0.0833. The first-order valence-electron chi connectivity index (χ1n) is 8.96. The van der Waals surface area contributed by atoms with Gasteiger partial charge >= 0.3 is 0 Å². The van der Waals surface area contributed by atoms with Gasteiger partial charge in [-0.25, -0.2) is 4.98 Å². The minimum atomic E-state index is -0.693. The van der Waals surface area contributed by atoms with Crippen LogP contribution in [0, 0.1) is 0 Å². The Morgan fingerprint density at radius 2 is 1.15 bits per heavy atom. The Hall–Kier alpha value is -3.46. The maximum atomic E-state index is 12.4. The zero-order valence-corrected chi connectivity index (χ0v) is 15.1. The van der Waals surface area contributed by atoms with Crippen molar-refractivity contribution in [1.29, 1.82) is 0 Å². The molecule has 0 saturated heterocycles. The highest BCUT2D eigenvalue weighted by Gasteiger charge is 2.40. The topological polar surface area (TPSA) is 34.9 Å². The van der Waals surface area contributed by atoms with Crippen LogP contribution in [-0.2, 0) is 5.54 Å². The van der Waals surface area contributed by atoms with Gasteiger partial charge in [0.05, 0.1) is 0 Å². The lowest BCUT2D eigenvalue weighted by Crippen LogP contribution is -2.39. The van der Waals surface area contributed by atoms with Crippen molar-refractivity contribution >= 4 is 5.78 Å². The lowest BCUT2D eigenvalue weighted by atomic mass is 9.76. The van der Waals surface area contributed by atoms with Crippen LogP contribution >= 0.6 is 0 Å². The summed E-state index contributed by atoms with van der Waals surface area (Å²) >= 11 is 0. The lowest BCUT2D eigenvalue weighted by Gasteiger charge is -2.38. The zero-order valence-electron chi connectivity index (χ0n) is 15.1. The molecule has 0 spiro atoms. The fourth-order valence-electron chi connectivity index (χ4n) is 3.79. The van der Waals surface area contributed by atoms with Gasteiger partial charge in [-0.15, -0.1) is 0 Å². The van der Waals surface area contributed by atoms with Crippen molar-refractivity contribution in [2.24, 2.45) is 0 Å². The molecule has 0 fully saturated rings. The quantitative estimate of drug-likeness (QED) is 0.377. The average molecular weight is 352 g/mol. The molecule has 1 heterocycles. The largest absolute Gasteiger partial charge is 0.310 e. The second kappa shape index (κ2) is 7.04. The first-order valence-corrected chi connectivity index (χ1v) is 8.96. The smallest absolute Gasteiger partial charge is 0.195 e. The van der Waals surface area contributed by atoms with Gasteiger partial charge in [0, 0.05) is 19.3 Å². The van der Waals surface area contributed by atoms with E-state index in [1.165, 1.54) is 0 Å². The van der Waals surface area contributed by atoms with Gasteiger partial charge in [0.1, 0.15) is 5.54 Å². The summed E-state index contributed by atoms with van der Waals surface area (Å²) in [5.74, 6) is 0.374. The first-order chi connectivity index (χ1) is 13.2. The van der Waals surface area contributed by atoms with E-state index in [0.717, 1.165) is 16.7 Å². The monoisotopic (exact) mass is 352 g/mol. The highest BCUT2D eigenvalue weighted by molar-refractivity contribution is 5.91. The molecule has 4 aromatic rings. The van der Waals surface area contributed by atoms with Crippen LogP contribution in [0.25, 0.3) is 0 Å². The molecule has 0 radical (unpaired) electrons. The van der Waals surface area contributed by atoms with E-state index in [2.05, 4.69) is 41.4 Å². The number of aromatic nitrogens is 2. The second-order valence-electron chi connectivity index (χ2n) is 6.49. The minimum absolute atomic E-state index is 0.0628. The molecule has 0 saturated carbocycles. The van der Waals surface area contributed by atoms with E-state index in [1.54, 1.807) is 13.1 Å². The minimum Gasteiger partial charge on any atom is -0.310 e. The highest BCUT2D eigenvalue weighted by atomic mass is 16.1. The Balaban J connectivity index is 2.17. The Morgan fingerprint density at radius 3 is 1.52 bits per heavy atom. The molecular formula is C24H20N2O. The van der Waals surface area contributed by atoms with E-state index in [1.807, 2.05) is 65.4 Å². The van der Waals surface area contributed by atoms with Gasteiger partial charge in [0.25, 0.3) is 0 Å². The third-order valence-electron chi connectivity index (χ3n) is 4.89. The molecule has 0 amide bonds. The summed E-state index contributed by atoms with van der Waals surface area (Å²) in [5, 5.41) is 0. The Bertz CT molecular complexity index is 941. The molecule has 1 aromatic heterocycles. The van der Waals surface area contributed by atoms with Crippen LogP contribution < -0.4 is 0 Å². The van der Waals surface area contributed by atoms with Gasteiger partial charge in [-0.2, -0.15) is 0 Å². The molecule has 0 unspecified atom stereocenters. The van der Waals surface area contributed by atoms with Crippen LogP contribution in [0.3, 0.4) is 0 Å². The zero-order chi connectivity index (χ0) is 18.7. The summed E-state index contributed by atoms with van der Waals surface area (Å²) in [5.41, 5.74) is 2.52. The van der Waals surface area contributed by atoms with Crippen molar-refractivity contribution in [2.45, 2.75) is 12.5 Å². The van der Waals surface area contributed by atoms with Crippen LogP contribution in [0.2, 0.25) is 0 Å². The van der Waals surface area contributed by atoms with Crippen molar-refractivity contribution in [3.05, 3.63) is 126 Å². The van der Waals surface area contributed by atoms with Crippen molar-refractivity contribution in [1.82, 2.24) is 9.55 Å². The number of Topliss-reactive ketones (excluding diaryl/α,β-unsaturated/α-hetero) is 1. The maximum absolute atomic E-state index is 12.4. The van der Waals surface area contributed by atoms with E-state index in [9.17, 15) is 4.79 Å². The molecule has 0 bridgehead atoms. The molecular weight excluding hydrogens is 332 g/mol. The van der Waals surface area contributed by atoms with Gasteiger partial charge in [-0.1, -0.05) is 91.0 Å². The number of hydrogen-bond donors (Lipinski definition) is 0. The first kappa shape index (κ1) is 17.0. The molecule has 0 aliphatic carbocycles. The van der Waals surface area contributed by atoms with Crippen molar-refractivity contribution < 1.29 is 4.79 Å². The maximum Gasteiger partial charge on any atom is 0.195 e. The number of imidazole rings is 1. The molecule has 3 heteroatoms. The van der Waals surface area contributed by atoms with Crippen LogP contribution in [-0.4, -0.2) is 15.3 Å². The standard InChI is InChI=1S/C24H20N2O/c1-19(27)23-25-17-18-26(23)24(20-11-5-2-6-12-20,21-13-7-3-8-14-21)22-15-9-4-10-16-22/h2-18H,1H3. The van der Waals surface area contributed by atoms with E-state index >= 15 is 0 Å². The molecule has 27 heavy (non-hydrogen) atoms. The summed E-state index contributed by atoms with van der Waals surface area (Å²) in [6.07, 6.45) is 3.59. The summed E-state index contributed by atoms with van der Waals surface area (Å²) in [4.78, 5) is 16.8. The number of rotatable bonds is 5. The van der Waals surface area contributed by atoms with Gasteiger partial charge < -0.3 is 4.57 Å². The number of nitrogens with zero attached hydrogens (tertiary/aromatic N) is 2. The van der Waals surface area contributed by atoms with Crippen molar-refractivity contribution in [3.8, 4) is 0 Å². The Morgan fingerprint density at radius 1 is 0.741 bits per heavy atom. The predicted molar refractivity (Wildman–Crippen MR) is 107 cm³/mol. The summed E-state index contributed by atoms with van der Waals surface area (Å²) in [7, 11) is 0. The fourth-order valence-corrected chi connectivity index (χ4v) is 3.79. The second-order valence-corrected chi connectivity index (χ2v) is 6.49. The van der Waals surface area contributed by atoms with Gasteiger partial charge in [0.15, 0.2) is 11.6 Å². The molecule has 3 aromatic carbocycles. The van der Waals surface area contributed by atoms with Crippen LogP contribution in [0.1, 0.15) is 34.2 Å². The summed E-state index contributed by atoms with van der Waals surface area (Å²) in [6, 6.07) is 30.8. The van der Waals surface area contributed by atoms with E-state index in [-0.39, 0.29) is 5.78 Å². The van der Waals surface area contributed by atoms with Crippen LogP contribution in [0.4, 0.5) is 0 Å². The van der Waals surface area contributed by atoms with Crippen molar-refractivity contribution in [2.75, 3.05) is 0 Å². The normalized spacial score (nSPS) is 11.3. The SMILES string of the molecule is CC(=O)c1nccn1C(c1ccccc1)(c1ccccc1)c1ccccc1. The summed E-state index contributed by atoms with van der Waals surface area (Å²) in [6.45, 7) is 1.56. The van der Waals surface area contributed by atoms with E-state index in [4.69, 9.17) is 0 Å². The predicted octanol–water partition coefficient (Wildman–Crippen LogP) is 4.93. The van der Waals surface area contributed by atoms with Gasteiger partial charge in [-0.3, -0.25) is 4.79 Å². The molecule has 0 atom stereocenters. The molecule has 4 rings (SSSR count). The lowest BCUT2D eigenvalue weighted by molar-refractivity contribution is 0.0996. The number of hydrogen-bond acceptors (Lipinski definition) is 2. The van der Waals surface area contributed by atoms with Gasteiger partial charge in [0.2, 0.25) is 0 Å². The molecule has 0 N–H and O–H groups in total. The Labute approximate surface area is 158 Å².